The molecule has 0 heterocycles. The number of aryl methyl sites for hydroxylation is 1. The molecular formula is C24H19N4NaO4S. The van der Waals surface area contributed by atoms with Gasteiger partial charge in [0, 0.05) is 10.8 Å². The number of azo groups is 2. The molecule has 0 aromatic heterocycles. The fourth-order valence-corrected chi connectivity index (χ4v) is 3.75. The van der Waals surface area contributed by atoms with Gasteiger partial charge in [-0.1, -0.05) is 36.4 Å². The second-order valence-electron chi connectivity index (χ2n) is 7.18. The fraction of sp³-hybridized carbons (Fsp3) is 0.0833. The van der Waals surface area contributed by atoms with Crippen LogP contribution in [0, 0.1) is 6.92 Å². The Morgan fingerprint density at radius 2 is 1.35 bits per heavy atom. The van der Waals surface area contributed by atoms with Gasteiger partial charge in [0.1, 0.15) is 21.6 Å². The maximum Gasteiger partial charge on any atom is 1.00 e. The standard InChI is InChI=1S/C24H20N4O4S.Na/c1-16-10-13-24(32-2)23(14-16)28-27-22-12-11-21(19-8-3-4-9-20(19)22)26-25-17-6-5-7-18(15-17)33(29,30)31;/h3-15H,1-2H3,(H,29,30,31);/q;+1/p-1. The van der Waals surface area contributed by atoms with E-state index < -0.39 is 10.1 Å². The van der Waals surface area contributed by atoms with Gasteiger partial charge in [-0.05, 0) is 55.0 Å². The minimum atomic E-state index is -4.57. The monoisotopic (exact) mass is 482 g/mol. The number of fused-ring (bicyclic) bond motifs is 1. The van der Waals surface area contributed by atoms with Crippen molar-refractivity contribution in [2.45, 2.75) is 11.8 Å². The number of ether oxygens (including phenoxy) is 1. The molecule has 0 bridgehead atoms. The van der Waals surface area contributed by atoms with Crippen molar-refractivity contribution in [3.8, 4) is 5.75 Å². The van der Waals surface area contributed by atoms with Gasteiger partial charge in [0.15, 0.2) is 0 Å². The number of hydrogen-bond donors (Lipinski definition) is 0. The second kappa shape index (κ2) is 11.0. The molecule has 0 saturated carbocycles. The summed E-state index contributed by atoms with van der Waals surface area (Å²) >= 11 is 0. The number of methoxy groups -OCH3 is 1. The molecule has 0 unspecified atom stereocenters. The Bertz CT molecular complexity index is 1500. The molecule has 4 aromatic rings. The second-order valence-corrected chi connectivity index (χ2v) is 8.56. The summed E-state index contributed by atoms with van der Waals surface area (Å²) in [6.45, 7) is 1.97. The zero-order valence-electron chi connectivity index (χ0n) is 18.8. The van der Waals surface area contributed by atoms with E-state index in [0.717, 1.165) is 16.3 Å². The Labute approximate surface area is 219 Å². The van der Waals surface area contributed by atoms with Crippen LogP contribution in [0.1, 0.15) is 5.56 Å². The van der Waals surface area contributed by atoms with E-state index in [4.69, 9.17) is 4.74 Å². The number of rotatable bonds is 6. The Morgan fingerprint density at radius 3 is 1.97 bits per heavy atom. The molecule has 166 valence electrons. The largest absolute Gasteiger partial charge is 1.00 e. The molecule has 8 nitrogen and oxygen atoms in total. The summed E-state index contributed by atoms with van der Waals surface area (Å²) in [5.74, 6) is 0.626. The third kappa shape index (κ3) is 5.94. The van der Waals surface area contributed by atoms with Crippen molar-refractivity contribution in [1.29, 1.82) is 0 Å². The summed E-state index contributed by atoms with van der Waals surface area (Å²) in [4.78, 5) is -0.355. The first-order valence-electron chi connectivity index (χ1n) is 9.91. The zero-order valence-corrected chi connectivity index (χ0v) is 21.7. The predicted octanol–water partition coefficient (Wildman–Crippen LogP) is 3.90. The third-order valence-corrected chi connectivity index (χ3v) is 5.69. The van der Waals surface area contributed by atoms with Gasteiger partial charge < -0.3 is 9.29 Å². The molecule has 0 aliphatic rings. The van der Waals surface area contributed by atoms with Crippen LogP contribution in [0.2, 0.25) is 0 Å². The van der Waals surface area contributed by atoms with E-state index in [0.29, 0.717) is 22.8 Å². The van der Waals surface area contributed by atoms with Crippen LogP contribution in [0.4, 0.5) is 22.7 Å². The Morgan fingerprint density at radius 1 is 0.735 bits per heavy atom. The predicted molar refractivity (Wildman–Crippen MR) is 124 cm³/mol. The van der Waals surface area contributed by atoms with Gasteiger partial charge >= 0.3 is 29.6 Å². The molecule has 0 aliphatic heterocycles. The molecule has 0 amide bonds. The first-order chi connectivity index (χ1) is 15.8. The quantitative estimate of drug-likeness (QED) is 0.235. The molecular weight excluding hydrogens is 463 g/mol. The maximum atomic E-state index is 11.2. The number of nitrogens with zero attached hydrogens (tertiary/aromatic N) is 4. The molecule has 0 atom stereocenters. The molecule has 0 N–H and O–H groups in total. The topological polar surface area (TPSA) is 116 Å². The van der Waals surface area contributed by atoms with Crippen LogP contribution in [-0.4, -0.2) is 20.1 Å². The van der Waals surface area contributed by atoms with Crippen molar-refractivity contribution < 1.29 is 47.3 Å². The van der Waals surface area contributed by atoms with E-state index in [1.165, 1.54) is 18.2 Å². The van der Waals surface area contributed by atoms with Gasteiger partial charge in [-0.15, -0.1) is 15.3 Å². The van der Waals surface area contributed by atoms with Gasteiger partial charge in [-0.2, -0.15) is 5.11 Å². The van der Waals surface area contributed by atoms with E-state index in [1.807, 2.05) is 49.4 Å². The Balaban J connectivity index is 0.00000324. The summed E-state index contributed by atoms with van der Waals surface area (Å²) in [6.07, 6.45) is 0. The Kier molecular flexibility index (Phi) is 8.29. The van der Waals surface area contributed by atoms with E-state index in [1.54, 1.807) is 25.3 Å². The van der Waals surface area contributed by atoms with E-state index in [-0.39, 0.29) is 40.1 Å². The average Bonchev–Trinajstić information content (AvgIpc) is 2.81. The molecule has 0 radical (unpaired) electrons. The zero-order chi connectivity index (χ0) is 23.4. The van der Waals surface area contributed by atoms with Crippen LogP contribution in [0.15, 0.2) is 104 Å². The summed E-state index contributed by atoms with van der Waals surface area (Å²) in [5, 5.41) is 18.8. The van der Waals surface area contributed by atoms with Crippen LogP contribution < -0.4 is 34.3 Å². The fourth-order valence-electron chi connectivity index (χ4n) is 3.24. The van der Waals surface area contributed by atoms with Crippen LogP contribution >= 0.6 is 0 Å². The van der Waals surface area contributed by atoms with Crippen molar-refractivity contribution >= 4 is 43.6 Å². The maximum absolute atomic E-state index is 11.2. The molecule has 10 heteroatoms. The van der Waals surface area contributed by atoms with Crippen molar-refractivity contribution in [3.05, 3.63) is 84.4 Å². The van der Waals surface area contributed by atoms with Crippen molar-refractivity contribution in [2.75, 3.05) is 7.11 Å². The van der Waals surface area contributed by atoms with Gasteiger partial charge in [0.2, 0.25) is 0 Å². The van der Waals surface area contributed by atoms with Crippen LogP contribution in [0.3, 0.4) is 0 Å². The summed E-state index contributed by atoms with van der Waals surface area (Å²) < 4.78 is 39.1. The summed E-state index contributed by atoms with van der Waals surface area (Å²) in [6, 6.07) is 22.2. The molecule has 4 aromatic carbocycles. The van der Waals surface area contributed by atoms with Gasteiger partial charge in [0.25, 0.3) is 0 Å². The van der Waals surface area contributed by atoms with Crippen LogP contribution in [0.5, 0.6) is 5.75 Å². The summed E-state index contributed by atoms with van der Waals surface area (Å²) in [5.41, 5.74) is 3.13. The van der Waals surface area contributed by atoms with E-state index >= 15 is 0 Å². The molecule has 0 fully saturated rings. The van der Waals surface area contributed by atoms with Gasteiger partial charge in [-0.25, -0.2) is 8.42 Å². The number of benzene rings is 4. The third-order valence-electron chi connectivity index (χ3n) is 4.86. The number of hydrogen-bond acceptors (Lipinski definition) is 8. The van der Waals surface area contributed by atoms with Crippen LogP contribution in [0.25, 0.3) is 10.8 Å². The SMILES string of the molecule is COc1ccc(C)cc1N=Nc1ccc(N=Nc2cccc(S(=O)(=O)[O-])c2)c2ccccc12.[Na+]. The van der Waals surface area contributed by atoms with Crippen LogP contribution in [-0.2, 0) is 10.1 Å². The minimum Gasteiger partial charge on any atom is -0.744 e. The van der Waals surface area contributed by atoms with Crippen molar-refractivity contribution in [1.82, 2.24) is 0 Å². The van der Waals surface area contributed by atoms with Gasteiger partial charge in [0.05, 0.1) is 29.1 Å². The molecule has 4 rings (SSSR count). The van der Waals surface area contributed by atoms with Gasteiger partial charge in [-0.3, -0.25) is 0 Å². The first-order valence-corrected chi connectivity index (χ1v) is 11.3. The normalized spacial score (nSPS) is 11.7. The summed E-state index contributed by atoms with van der Waals surface area (Å²) in [7, 11) is -2.98. The smallest absolute Gasteiger partial charge is 0.744 e. The molecule has 0 saturated heterocycles. The molecule has 0 spiro atoms. The Hall–Kier alpha value is -2.95. The van der Waals surface area contributed by atoms with Crippen molar-refractivity contribution in [3.63, 3.8) is 0 Å². The van der Waals surface area contributed by atoms with E-state index in [9.17, 15) is 13.0 Å². The molecule has 34 heavy (non-hydrogen) atoms. The van der Waals surface area contributed by atoms with E-state index in [2.05, 4.69) is 20.5 Å². The molecule has 0 aliphatic carbocycles. The average molecular weight is 482 g/mol. The van der Waals surface area contributed by atoms with Crippen molar-refractivity contribution in [2.24, 2.45) is 20.5 Å². The first kappa shape index (κ1) is 25.7. The minimum absolute atomic E-state index is 0.